The highest BCUT2D eigenvalue weighted by Gasteiger charge is 2.22. The van der Waals surface area contributed by atoms with Gasteiger partial charge in [-0.15, -0.1) is 0 Å². The fraction of sp³-hybridized carbons (Fsp3) is 0.0833. The number of hydrogen-bond acceptors (Lipinski definition) is 4. The molecule has 0 aliphatic carbocycles. The van der Waals surface area contributed by atoms with E-state index in [1.165, 1.54) is 6.08 Å². The lowest BCUT2D eigenvalue weighted by Gasteiger charge is -2.03. The minimum absolute atomic E-state index is 0.177. The van der Waals surface area contributed by atoms with E-state index in [0.717, 1.165) is 0 Å². The highest BCUT2D eigenvalue weighted by Crippen LogP contribution is 2.14. The number of hydrogen-bond donors (Lipinski definition) is 3. The third-order valence-corrected chi connectivity index (χ3v) is 2.29. The van der Waals surface area contributed by atoms with Crippen molar-refractivity contribution >= 4 is 23.9 Å². The highest BCUT2D eigenvalue weighted by atomic mass is 16.5. The van der Waals surface area contributed by atoms with E-state index in [0.29, 0.717) is 11.3 Å². The summed E-state index contributed by atoms with van der Waals surface area (Å²) < 4.78 is 5.09. The van der Waals surface area contributed by atoms with Crippen molar-refractivity contribution in [2.75, 3.05) is 6.61 Å². The molecule has 7 heteroatoms. The maximum absolute atomic E-state index is 11.3. The van der Waals surface area contributed by atoms with Gasteiger partial charge in [0.25, 0.3) is 11.8 Å². The molecule has 1 aromatic carbocycles. The van der Waals surface area contributed by atoms with Gasteiger partial charge in [0.1, 0.15) is 11.4 Å². The van der Waals surface area contributed by atoms with Gasteiger partial charge in [-0.3, -0.25) is 14.9 Å². The Labute approximate surface area is 108 Å². The fourth-order valence-corrected chi connectivity index (χ4v) is 1.46. The first-order chi connectivity index (χ1) is 9.04. The molecule has 1 aliphatic rings. The Morgan fingerprint density at radius 2 is 1.89 bits per heavy atom. The fourth-order valence-electron chi connectivity index (χ4n) is 1.46. The Morgan fingerprint density at radius 3 is 2.42 bits per heavy atom. The standard InChI is InChI=1S/C12H11N3O4/c13-10(16)6-19-8-3-1-7(2-4-8)5-9-11(17)15-12(18)14-9/h1-5H,6H2,(H2,13,16)(H2,14,15,17,18)/b9-5+. The molecule has 4 amide bonds. The zero-order valence-corrected chi connectivity index (χ0v) is 9.80. The zero-order chi connectivity index (χ0) is 13.8. The van der Waals surface area contributed by atoms with Crippen molar-refractivity contribution in [3.8, 4) is 5.75 Å². The number of nitrogens with one attached hydrogen (secondary N) is 2. The van der Waals surface area contributed by atoms with Gasteiger partial charge in [-0.1, -0.05) is 12.1 Å². The van der Waals surface area contributed by atoms with Crippen molar-refractivity contribution in [2.45, 2.75) is 0 Å². The molecule has 0 saturated carbocycles. The van der Waals surface area contributed by atoms with Crippen molar-refractivity contribution in [2.24, 2.45) is 5.73 Å². The smallest absolute Gasteiger partial charge is 0.326 e. The van der Waals surface area contributed by atoms with Gasteiger partial charge in [0.05, 0.1) is 0 Å². The van der Waals surface area contributed by atoms with E-state index in [1.807, 2.05) is 0 Å². The van der Waals surface area contributed by atoms with Crippen LogP contribution >= 0.6 is 0 Å². The normalized spacial score (nSPS) is 16.1. The van der Waals surface area contributed by atoms with Crippen LogP contribution in [0.5, 0.6) is 5.75 Å². The van der Waals surface area contributed by atoms with Crippen molar-refractivity contribution < 1.29 is 19.1 Å². The summed E-state index contributed by atoms with van der Waals surface area (Å²) >= 11 is 0. The lowest BCUT2D eigenvalue weighted by molar-refractivity contribution is -0.120. The molecule has 0 atom stereocenters. The molecule has 19 heavy (non-hydrogen) atoms. The Morgan fingerprint density at radius 1 is 1.21 bits per heavy atom. The maximum Gasteiger partial charge on any atom is 0.326 e. The number of carbonyl (C=O) groups excluding carboxylic acids is 3. The van der Waals surface area contributed by atoms with Gasteiger partial charge in [-0.05, 0) is 23.8 Å². The van der Waals surface area contributed by atoms with Crippen LogP contribution in [-0.2, 0) is 9.59 Å². The van der Waals surface area contributed by atoms with Crippen LogP contribution in [0, 0.1) is 0 Å². The molecule has 1 heterocycles. The number of imide groups is 1. The lowest BCUT2D eigenvalue weighted by atomic mass is 10.2. The van der Waals surface area contributed by atoms with E-state index in [1.54, 1.807) is 24.3 Å². The van der Waals surface area contributed by atoms with E-state index in [9.17, 15) is 14.4 Å². The number of amides is 4. The van der Waals surface area contributed by atoms with Crippen LogP contribution in [0.15, 0.2) is 30.0 Å². The monoisotopic (exact) mass is 261 g/mol. The largest absolute Gasteiger partial charge is 0.484 e. The predicted molar refractivity (Wildman–Crippen MR) is 65.8 cm³/mol. The van der Waals surface area contributed by atoms with Gasteiger partial charge in [0.2, 0.25) is 0 Å². The van der Waals surface area contributed by atoms with Gasteiger partial charge >= 0.3 is 6.03 Å². The van der Waals surface area contributed by atoms with Gasteiger partial charge in [-0.2, -0.15) is 0 Å². The SMILES string of the molecule is NC(=O)COc1ccc(/C=C2/NC(=O)NC2=O)cc1. The van der Waals surface area contributed by atoms with Crippen molar-refractivity contribution in [3.05, 3.63) is 35.5 Å². The number of ether oxygens (including phenoxy) is 1. The highest BCUT2D eigenvalue weighted by molar-refractivity contribution is 6.13. The first-order valence-electron chi connectivity index (χ1n) is 5.40. The number of primary amides is 1. The second-order valence-corrected chi connectivity index (χ2v) is 3.79. The van der Waals surface area contributed by atoms with Crippen LogP contribution < -0.4 is 21.1 Å². The lowest BCUT2D eigenvalue weighted by Crippen LogP contribution is -2.22. The average Bonchev–Trinajstić information content (AvgIpc) is 2.67. The zero-order valence-electron chi connectivity index (χ0n) is 9.80. The molecule has 1 fully saturated rings. The van der Waals surface area contributed by atoms with E-state index >= 15 is 0 Å². The molecule has 1 saturated heterocycles. The average molecular weight is 261 g/mol. The summed E-state index contributed by atoms with van der Waals surface area (Å²) in [7, 11) is 0. The van der Waals surface area contributed by atoms with E-state index in [2.05, 4.69) is 10.6 Å². The minimum atomic E-state index is -0.559. The summed E-state index contributed by atoms with van der Waals surface area (Å²) in [6.45, 7) is -0.196. The van der Waals surface area contributed by atoms with E-state index in [4.69, 9.17) is 10.5 Å². The number of nitrogens with two attached hydrogens (primary N) is 1. The van der Waals surface area contributed by atoms with Crippen LogP contribution in [0.4, 0.5) is 4.79 Å². The molecule has 1 aliphatic heterocycles. The first kappa shape index (κ1) is 12.6. The number of carbonyl (C=O) groups is 3. The molecule has 4 N–H and O–H groups in total. The van der Waals surface area contributed by atoms with Crippen molar-refractivity contribution in [1.82, 2.24) is 10.6 Å². The van der Waals surface area contributed by atoms with Gasteiger partial charge in [0, 0.05) is 0 Å². The summed E-state index contributed by atoms with van der Waals surface area (Å²) in [6.07, 6.45) is 1.53. The molecule has 0 spiro atoms. The van der Waals surface area contributed by atoms with Crippen LogP contribution in [0.25, 0.3) is 6.08 Å². The molecule has 0 unspecified atom stereocenters. The number of rotatable bonds is 4. The summed E-state index contributed by atoms with van der Waals surface area (Å²) in [6, 6.07) is 6.08. The Bertz CT molecular complexity index is 563. The van der Waals surface area contributed by atoms with Crippen LogP contribution in [0.2, 0.25) is 0 Å². The predicted octanol–water partition coefficient (Wildman–Crippen LogP) is -0.269. The van der Waals surface area contributed by atoms with Gasteiger partial charge in [-0.25, -0.2) is 4.79 Å². The van der Waals surface area contributed by atoms with Crippen LogP contribution in [0.1, 0.15) is 5.56 Å². The number of benzene rings is 1. The molecule has 2 rings (SSSR count). The third-order valence-electron chi connectivity index (χ3n) is 2.29. The summed E-state index contributed by atoms with van der Waals surface area (Å²) in [4.78, 5) is 32.7. The molecular weight excluding hydrogens is 250 g/mol. The number of urea groups is 1. The van der Waals surface area contributed by atoms with Gasteiger partial charge < -0.3 is 15.8 Å². The molecule has 0 radical (unpaired) electrons. The van der Waals surface area contributed by atoms with Gasteiger partial charge in [0.15, 0.2) is 6.61 Å². The molecule has 98 valence electrons. The second-order valence-electron chi connectivity index (χ2n) is 3.79. The minimum Gasteiger partial charge on any atom is -0.484 e. The molecule has 7 nitrogen and oxygen atoms in total. The molecule has 0 aromatic heterocycles. The maximum atomic E-state index is 11.3. The molecule has 1 aromatic rings. The third kappa shape index (κ3) is 3.32. The molecule has 0 bridgehead atoms. The summed E-state index contributed by atoms with van der Waals surface area (Å²) in [5.41, 5.74) is 5.83. The summed E-state index contributed by atoms with van der Waals surface area (Å²) in [5.74, 6) is -0.545. The Balaban J connectivity index is 2.06. The summed E-state index contributed by atoms with van der Waals surface area (Å²) in [5, 5.41) is 4.47. The van der Waals surface area contributed by atoms with Crippen molar-refractivity contribution in [1.29, 1.82) is 0 Å². The van der Waals surface area contributed by atoms with E-state index < -0.39 is 17.8 Å². The van der Waals surface area contributed by atoms with Crippen LogP contribution in [0.3, 0.4) is 0 Å². The molecular formula is C12H11N3O4. The van der Waals surface area contributed by atoms with Crippen molar-refractivity contribution in [3.63, 3.8) is 0 Å². The van der Waals surface area contributed by atoms with E-state index in [-0.39, 0.29) is 12.3 Å². The topological polar surface area (TPSA) is 111 Å². The Kier molecular flexibility index (Phi) is 3.46. The first-order valence-corrected chi connectivity index (χ1v) is 5.40. The Hall–Kier alpha value is -2.83. The quantitative estimate of drug-likeness (QED) is 0.511. The second kappa shape index (κ2) is 5.21. The van der Waals surface area contributed by atoms with Crippen LogP contribution in [-0.4, -0.2) is 24.5 Å².